The summed E-state index contributed by atoms with van der Waals surface area (Å²) in [6, 6.07) is 34.0. The summed E-state index contributed by atoms with van der Waals surface area (Å²) in [4.78, 5) is 0. The fourth-order valence-electron chi connectivity index (χ4n) is 5.48. The summed E-state index contributed by atoms with van der Waals surface area (Å²) >= 11 is 0. The van der Waals surface area contributed by atoms with E-state index in [0.717, 1.165) is 22.4 Å². The summed E-state index contributed by atoms with van der Waals surface area (Å²) < 4.78 is 4.59. The Bertz CT molecular complexity index is 1660. The van der Waals surface area contributed by atoms with Crippen molar-refractivity contribution in [1.82, 2.24) is 9.13 Å². The highest BCUT2D eigenvalue weighted by molar-refractivity contribution is 6.12. The van der Waals surface area contributed by atoms with Gasteiger partial charge in [-0.25, -0.2) is 0 Å². The van der Waals surface area contributed by atoms with Crippen LogP contribution in [0.2, 0.25) is 0 Å². The number of para-hydroxylation sites is 4. The first-order valence-corrected chi connectivity index (χ1v) is 11.4. The van der Waals surface area contributed by atoms with Crippen molar-refractivity contribution in [3.63, 3.8) is 0 Å². The van der Waals surface area contributed by atoms with Gasteiger partial charge in [-0.2, -0.15) is 0 Å². The van der Waals surface area contributed by atoms with Crippen LogP contribution >= 0.6 is 0 Å². The highest BCUT2D eigenvalue weighted by Crippen LogP contribution is 2.38. The maximum absolute atomic E-state index is 11.0. The molecular formula is C30H22N2O. The number of nitrogens with zero attached hydrogens (tertiary/aromatic N) is 2. The van der Waals surface area contributed by atoms with Gasteiger partial charge in [0, 0.05) is 39.4 Å². The molecule has 1 atom stereocenters. The lowest BCUT2D eigenvalue weighted by molar-refractivity contribution is 0.227. The van der Waals surface area contributed by atoms with Crippen LogP contribution in [0, 0.1) is 0 Å². The van der Waals surface area contributed by atoms with Gasteiger partial charge in [0.1, 0.15) is 0 Å². The summed E-state index contributed by atoms with van der Waals surface area (Å²) in [5.41, 5.74) is 6.73. The van der Waals surface area contributed by atoms with Gasteiger partial charge in [0.2, 0.25) is 0 Å². The minimum Gasteiger partial charge on any atom is -0.389 e. The van der Waals surface area contributed by atoms with E-state index in [1.807, 2.05) is 6.08 Å². The predicted molar refractivity (Wildman–Crippen MR) is 138 cm³/mol. The van der Waals surface area contributed by atoms with Crippen LogP contribution in [0.25, 0.3) is 55.0 Å². The molecule has 0 radical (unpaired) electrons. The molecule has 158 valence electrons. The third-order valence-corrected chi connectivity index (χ3v) is 6.80. The fourth-order valence-corrected chi connectivity index (χ4v) is 5.48. The number of fused-ring (bicyclic) bond motifs is 6. The van der Waals surface area contributed by atoms with Crippen LogP contribution in [0.1, 0.15) is 6.42 Å². The summed E-state index contributed by atoms with van der Waals surface area (Å²) in [6.07, 6.45) is 4.24. The minimum atomic E-state index is -0.556. The van der Waals surface area contributed by atoms with E-state index < -0.39 is 6.10 Å². The Morgan fingerprint density at radius 2 is 0.939 bits per heavy atom. The van der Waals surface area contributed by atoms with E-state index in [4.69, 9.17) is 0 Å². The number of allylic oxidation sites excluding steroid dienone is 2. The molecule has 3 nitrogen and oxygen atoms in total. The summed E-state index contributed by atoms with van der Waals surface area (Å²) in [5.74, 6) is 0. The number of aliphatic hydroxyl groups excluding tert-OH is 1. The summed E-state index contributed by atoms with van der Waals surface area (Å²) in [5, 5.41) is 15.9. The van der Waals surface area contributed by atoms with Crippen LogP contribution < -0.4 is 0 Å². The number of hydrogen-bond acceptors (Lipinski definition) is 1. The molecule has 4 aromatic carbocycles. The molecule has 0 fully saturated rings. The maximum Gasteiger partial charge on any atom is 0.0798 e. The Labute approximate surface area is 191 Å². The zero-order chi connectivity index (χ0) is 21.9. The van der Waals surface area contributed by atoms with Gasteiger partial charge >= 0.3 is 0 Å². The first kappa shape index (κ1) is 18.5. The minimum absolute atomic E-state index is 0.556. The third-order valence-electron chi connectivity index (χ3n) is 6.80. The quantitative estimate of drug-likeness (QED) is 0.316. The van der Waals surface area contributed by atoms with Crippen molar-refractivity contribution in [1.29, 1.82) is 0 Å². The molecule has 0 amide bonds. The molecular weight excluding hydrogens is 404 g/mol. The van der Waals surface area contributed by atoms with Crippen molar-refractivity contribution in [3.8, 4) is 0 Å². The Morgan fingerprint density at radius 3 is 1.39 bits per heavy atom. The van der Waals surface area contributed by atoms with Crippen molar-refractivity contribution >= 4 is 55.0 Å². The lowest BCUT2D eigenvalue weighted by Gasteiger charge is -2.22. The molecule has 1 N–H and O–H groups in total. The predicted octanol–water partition coefficient (Wildman–Crippen LogP) is 7.05. The van der Waals surface area contributed by atoms with Gasteiger partial charge in [0.25, 0.3) is 0 Å². The lowest BCUT2D eigenvalue weighted by atomic mass is 10.0. The topological polar surface area (TPSA) is 30.1 Å². The Morgan fingerprint density at radius 1 is 0.545 bits per heavy atom. The Hall–Kier alpha value is -4.08. The van der Waals surface area contributed by atoms with Crippen LogP contribution in [0.5, 0.6) is 0 Å². The second-order valence-corrected chi connectivity index (χ2v) is 8.74. The molecule has 2 aromatic heterocycles. The smallest absolute Gasteiger partial charge is 0.0798 e. The van der Waals surface area contributed by atoms with Crippen molar-refractivity contribution in [2.75, 3.05) is 0 Å². The van der Waals surface area contributed by atoms with Crippen molar-refractivity contribution in [3.05, 3.63) is 109 Å². The van der Waals surface area contributed by atoms with Gasteiger partial charge in [-0.15, -0.1) is 0 Å². The zero-order valence-corrected chi connectivity index (χ0v) is 18.0. The molecule has 7 rings (SSSR count). The average molecular weight is 427 g/mol. The van der Waals surface area contributed by atoms with E-state index in [0.29, 0.717) is 6.42 Å². The Kier molecular flexibility index (Phi) is 3.90. The normalized spacial score (nSPS) is 16.6. The molecule has 2 heterocycles. The van der Waals surface area contributed by atoms with Crippen molar-refractivity contribution in [2.24, 2.45) is 0 Å². The molecule has 33 heavy (non-hydrogen) atoms. The van der Waals surface area contributed by atoms with Crippen LogP contribution in [-0.2, 0) is 0 Å². The molecule has 1 aliphatic rings. The van der Waals surface area contributed by atoms with E-state index in [1.54, 1.807) is 0 Å². The number of aliphatic hydroxyl groups is 1. The molecule has 0 bridgehead atoms. The standard InChI is InChI=1S/C30H22N2O/c33-22-18-20(31-27-13-5-1-9-23(27)24-10-2-6-14-28(24)31)17-21(19-22)32-29-15-7-3-11-25(29)26-12-4-8-16-30(26)32/h1-18,22,33H,19H2. The summed E-state index contributed by atoms with van der Waals surface area (Å²) in [7, 11) is 0. The highest BCUT2D eigenvalue weighted by atomic mass is 16.3. The third kappa shape index (κ3) is 2.66. The largest absolute Gasteiger partial charge is 0.389 e. The van der Waals surface area contributed by atoms with Gasteiger partial charge in [-0.05, 0) is 36.4 Å². The molecule has 6 aromatic rings. The van der Waals surface area contributed by atoms with E-state index in [2.05, 4.69) is 112 Å². The number of benzene rings is 4. The molecule has 0 saturated heterocycles. The molecule has 0 saturated carbocycles. The first-order valence-electron chi connectivity index (χ1n) is 11.4. The van der Waals surface area contributed by atoms with Gasteiger partial charge in [0.05, 0.1) is 28.2 Å². The van der Waals surface area contributed by atoms with E-state index >= 15 is 0 Å². The van der Waals surface area contributed by atoms with Gasteiger partial charge in [-0.3, -0.25) is 0 Å². The van der Waals surface area contributed by atoms with Crippen molar-refractivity contribution < 1.29 is 5.11 Å². The summed E-state index contributed by atoms with van der Waals surface area (Å²) in [6.45, 7) is 0. The Balaban J connectivity index is 1.53. The second-order valence-electron chi connectivity index (χ2n) is 8.74. The van der Waals surface area contributed by atoms with Gasteiger partial charge in [0.15, 0.2) is 0 Å². The van der Waals surface area contributed by atoms with Crippen LogP contribution in [0.4, 0.5) is 0 Å². The van der Waals surface area contributed by atoms with Gasteiger partial charge < -0.3 is 14.2 Å². The average Bonchev–Trinajstić information content (AvgIpc) is 3.37. The zero-order valence-electron chi connectivity index (χ0n) is 18.0. The van der Waals surface area contributed by atoms with E-state index in [-0.39, 0.29) is 0 Å². The molecule has 0 aliphatic heterocycles. The lowest BCUT2D eigenvalue weighted by Crippen LogP contribution is -2.14. The second kappa shape index (κ2) is 6.96. The molecule has 1 unspecified atom stereocenters. The molecule has 0 spiro atoms. The van der Waals surface area contributed by atoms with Crippen LogP contribution in [-0.4, -0.2) is 20.3 Å². The SMILES string of the molecule is OC1C=C(n2c3ccccc3c3ccccc32)C=C(n2c3ccccc3c3ccccc32)C1. The van der Waals surface area contributed by atoms with Gasteiger partial charge in [-0.1, -0.05) is 72.8 Å². The highest BCUT2D eigenvalue weighted by Gasteiger charge is 2.21. The van der Waals surface area contributed by atoms with Crippen molar-refractivity contribution in [2.45, 2.75) is 12.5 Å². The molecule has 1 aliphatic carbocycles. The van der Waals surface area contributed by atoms with E-state index in [9.17, 15) is 5.11 Å². The number of rotatable bonds is 2. The van der Waals surface area contributed by atoms with Crippen LogP contribution in [0.15, 0.2) is 109 Å². The fraction of sp³-hybridized carbons (Fsp3) is 0.0667. The maximum atomic E-state index is 11.0. The monoisotopic (exact) mass is 426 g/mol. The number of hydrogen-bond donors (Lipinski definition) is 1. The molecule has 3 heteroatoms. The van der Waals surface area contributed by atoms with E-state index in [1.165, 1.54) is 32.6 Å². The number of aromatic nitrogens is 2. The first-order chi connectivity index (χ1) is 16.3. The van der Waals surface area contributed by atoms with Crippen LogP contribution in [0.3, 0.4) is 0 Å².